The van der Waals surface area contributed by atoms with Gasteiger partial charge in [0.1, 0.15) is 0 Å². The third-order valence-electron chi connectivity index (χ3n) is 2.25. The van der Waals surface area contributed by atoms with Crippen molar-refractivity contribution in [3.8, 4) is 6.07 Å². The van der Waals surface area contributed by atoms with Gasteiger partial charge < -0.3 is 5.11 Å². The highest BCUT2D eigenvalue weighted by Gasteiger charge is 2.28. The lowest BCUT2D eigenvalue weighted by atomic mass is 9.81. The Morgan fingerprint density at radius 1 is 1.50 bits per heavy atom. The number of aliphatic hydroxyl groups is 1. The highest BCUT2D eigenvalue weighted by molar-refractivity contribution is 4.91. The van der Waals surface area contributed by atoms with Gasteiger partial charge in [-0.2, -0.15) is 5.26 Å². The number of nitrogens with zero attached hydrogens (tertiary/aromatic N) is 1. The van der Waals surface area contributed by atoms with Crippen LogP contribution in [0, 0.1) is 17.2 Å². The van der Waals surface area contributed by atoms with E-state index < -0.39 is 5.60 Å². The zero-order chi connectivity index (χ0) is 7.61. The van der Waals surface area contributed by atoms with Crippen LogP contribution in [-0.4, -0.2) is 10.7 Å². The minimum absolute atomic E-state index is 0.195. The van der Waals surface area contributed by atoms with E-state index in [1.807, 2.05) is 6.92 Å². The summed E-state index contributed by atoms with van der Waals surface area (Å²) >= 11 is 0. The quantitative estimate of drug-likeness (QED) is 0.552. The average Bonchev–Trinajstić information content (AvgIpc) is 1.88. The van der Waals surface area contributed by atoms with E-state index in [-0.39, 0.29) is 5.92 Å². The third-order valence-corrected chi connectivity index (χ3v) is 2.25. The van der Waals surface area contributed by atoms with Gasteiger partial charge in [0.15, 0.2) is 0 Å². The van der Waals surface area contributed by atoms with Gasteiger partial charge in [0.2, 0.25) is 0 Å². The fourth-order valence-electron chi connectivity index (χ4n) is 1.37. The van der Waals surface area contributed by atoms with Gasteiger partial charge in [-0.25, -0.2) is 0 Å². The van der Waals surface area contributed by atoms with Crippen LogP contribution in [0.25, 0.3) is 0 Å². The monoisotopic (exact) mass is 139 g/mol. The summed E-state index contributed by atoms with van der Waals surface area (Å²) in [5.74, 6) is 0.195. The molecule has 0 saturated heterocycles. The molecule has 1 N–H and O–H groups in total. The maximum Gasteiger partial charge on any atom is 0.0655 e. The fraction of sp³-hybridized carbons (Fsp3) is 0.875. The molecule has 0 amide bonds. The van der Waals surface area contributed by atoms with E-state index in [1.54, 1.807) is 0 Å². The number of rotatable bonds is 0. The van der Waals surface area contributed by atoms with Gasteiger partial charge in [0, 0.05) is 5.92 Å². The van der Waals surface area contributed by atoms with Gasteiger partial charge in [0.05, 0.1) is 11.7 Å². The Morgan fingerprint density at radius 3 is 2.40 bits per heavy atom. The highest BCUT2D eigenvalue weighted by Crippen LogP contribution is 2.30. The predicted molar refractivity (Wildman–Crippen MR) is 38.2 cm³/mol. The molecule has 0 aromatic rings. The van der Waals surface area contributed by atoms with E-state index in [2.05, 4.69) is 6.07 Å². The predicted octanol–water partition coefficient (Wildman–Crippen LogP) is 1.45. The van der Waals surface area contributed by atoms with Crippen LogP contribution in [0.1, 0.15) is 32.6 Å². The standard InChI is InChI=1S/C8H13NO/c1-8(10)4-2-7(6-9)3-5-8/h7,10H,2-5H2,1H3. The van der Waals surface area contributed by atoms with Crippen LogP contribution in [0.15, 0.2) is 0 Å². The van der Waals surface area contributed by atoms with Crippen molar-refractivity contribution in [1.82, 2.24) is 0 Å². The zero-order valence-electron chi connectivity index (χ0n) is 6.30. The maximum absolute atomic E-state index is 9.48. The zero-order valence-corrected chi connectivity index (χ0v) is 6.30. The van der Waals surface area contributed by atoms with Crippen molar-refractivity contribution < 1.29 is 5.11 Å². The first-order valence-electron chi connectivity index (χ1n) is 3.76. The topological polar surface area (TPSA) is 44.0 Å². The summed E-state index contributed by atoms with van der Waals surface area (Å²) in [7, 11) is 0. The molecule has 2 nitrogen and oxygen atoms in total. The van der Waals surface area contributed by atoms with Crippen molar-refractivity contribution >= 4 is 0 Å². The van der Waals surface area contributed by atoms with Gasteiger partial charge in [-0.3, -0.25) is 0 Å². The molecule has 0 spiro atoms. The van der Waals surface area contributed by atoms with Crippen molar-refractivity contribution in [1.29, 1.82) is 5.26 Å². The Bertz CT molecular complexity index is 147. The van der Waals surface area contributed by atoms with Gasteiger partial charge in [0.25, 0.3) is 0 Å². The van der Waals surface area contributed by atoms with E-state index in [9.17, 15) is 5.11 Å². The van der Waals surface area contributed by atoms with Crippen LogP contribution in [0.5, 0.6) is 0 Å². The molecule has 0 bridgehead atoms. The SMILES string of the molecule is CC1(O)CCC(C#N)CC1. The van der Waals surface area contributed by atoms with E-state index in [1.165, 1.54) is 0 Å². The van der Waals surface area contributed by atoms with Gasteiger partial charge in [-0.15, -0.1) is 0 Å². The first-order chi connectivity index (χ1) is 4.64. The molecule has 1 aliphatic rings. The molecule has 0 aliphatic heterocycles. The van der Waals surface area contributed by atoms with Crippen LogP contribution in [0.4, 0.5) is 0 Å². The van der Waals surface area contributed by atoms with E-state index in [4.69, 9.17) is 5.26 Å². The smallest absolute Gasteiger partial charge is 0.0655 e. The van der Waals surface area contributed by atoms with Gasteiger partial charge in [-0.1, -0.05) is 0 Å². The largest absolute Gasteiger partial charge is 0.390 e. The normalized spacial score (nSPS) is 40.7. The minimum atomic E-state index is -0.493. The molecule has 0 unspecified atom stereocenters. The van der Waals surface area contributed by atoms with Crippen molar-refractivity contribution in [2.24, 2.45) is 5.92 Å². The number of hydrogen-bond acceptors (Lipinski definition) is 2. The molecule has 0 atom stereocenters. The molecular formula is C8H13NO. The summed E-state index contributed by atoms with van der Waals surface area (Å²) in [5.41, 5.74) is -0.493. The highest BCUT2D eigenvalue weighted by atomic mass is 16.3. The first-order valence-corrected chi connectivity index (χ1v) is 3.76. The molecule has 10 heavy (non-hydrogen) atoms. The molecule has 56 valence electrons. The summed E-state index contributed by atoms with van der Waals surface area (Å²) in [6.45, 7) is 1.85. The Kier molecular flexibility index (Phi) is 1.96. The van der Waals surface area contributed by atoms with Crippen LogP contribution in [-0.2, 0) is 0 Å². The molecule has 1 aliphatic carbocycles. The minimum Gasteiger partial charge on any atom is -0.390 e. The Labute approximate surface area is 61.5 Å². The lowest BCUT2D eigenvalue weighted by Gasteiger charge is -2.29. The van der Waals surface area contributed by atoms with Gasteiger partial charge in [-0.05, 0) is 32.6 Å². The van der Waals surface area contributed by atoms with Crippen LogP contribution in [0.2, 0.25) is 0 Å². The molecule has 0 radical (unpaired) electrons. The van der Waals surface area contributed by atoms with Gasteiger partial charge >= 0.3 is 0 Å². The lowest BCUT2D eigenvalue weighted by Crippen LogP contribution is -2.29. The Balaban J connectivity index is 2.40. The maximum atomic E-state index is 9.48. The van der Waals surface area contributed by atoms with Crippen LogP contribution < -0.4 is 0 Å². The molecule has 2 heteroatoms. The second-order valence-electron chi connectivity index (χ2n) is 3.40. The molecular weight excluding hydrogens is 126 g/mol. The average molecular weight is 139 g/mol. The lowest BCUT2D eigenvalue weighted by molar-refractivity contribution is 0.0146. The number of nitriles is 1. The van der Waals surface area contributed by atoms with Crippen LogP contribution >= 0.6 is 0 Å². The van der Waals surface area contributed by atoms with Crippen molar-refractivity contribution in [2.75, 3.05) is 0 Å². The molecule has 1 rings (SSSR count). The fourth-order valence-corrected chi connectivity index (χ4v) is 1.37. The van der Waals surface area contributed by atoms with Crippen molar-refractivity contribution in [3.05, 3.63) is 0 Å². The molecule has 0 heterocycles. The summed E-state index contributed by atoms with van der Waals surface area (Å²) in [6, 6.07) is 2.23. The van der Waals surface area contributed by atoms with Crippen molar-refractivity contribution in [3.63, 3.8) is 0 Å². The Hall–Kier alpha value is -0.550. The number of hydrogen-bond donors (Lipinski definition) is 1. The molecule has 0 aromatic heterocycles. The van der Waals surface area contributed by atoms with E-state index >= 15 is 0 Å². The molecule has 0 aromatic carbocycles. The first kappa shape index (κ1) is 7.56. The molecule has 1 fully saturated rings. The second-order valence-corrected chi connectivity index (χ2v) is 3.40. The van der Waals surface area contributed by atoms with E-state index in [0.717, 1.165) is 25.7 Å². The van der Waals surface area contributed by atoms with Crippen molar-refractivity contribution in [2.45, 2.75) is 38.2 Å². The summed E-state index contributed by atoms with van der Waals surface area (Å²) < 4.78 is 0. The summed E-state index contributed by atoms with van der Waals surface area (Å²) in [4.78, 5) is 0. The molecule has 1 saturated carbocycles. The second kappa shape index (κ2) is 2.59. The summed E-state index contributed by atoms with van der Waals surface area (Å²) in [6.07, 6.45) is 3.30. The third kappa shape index (κ3) is 1.71. The Morgan fingerprint density at radius 2 is 2.00 bits per heavy atom. The van der Waals surface area contributed by atoms with E-state index in [0.29, 0.717) is 0 Å². The van der Waals surface area contributed by atoms with Crippen LogP contribution in [0.3, 0.4) is 0 Å². The summed E-state index contributed by atoms with van der Waals surface area (Å²) in [5, 5.41) is 18.0.